The first kappa shape index (κ1) is 66.6. The molecule has 0 aromatic rings. The zero-order chi connectivity index (χ0) is 49.3. The van der Waals surface area contributed by atoms with Gasteiger partial charge in [0, 0.05) is 12.8 Å². The van der Waals surface area contributed by atoms with Gasteiger partial charge in [-0.1, -0.05) is 296 Å². The molecule has 404 valence electrons. The number of allylic oxidation sites excluding steroid dienone is 2. The van der Waals surface area contributed by atoms with Crippen LogP contribution in [0.4, 0.5) is 0 Å². The Kier molecular flexibility index (Phi) is 57.0. The summed E-state index contributed by atoms with van der Waals surface area (Å²) in [7, 11) is 0. The summed E-state index contributed by atoms with van der Waals surface area (Å²) in [5.41, 5.74) is 0. The molecule has 0 rings (SSSR count). The van der Waals surface area contributed by atoms with E-state index in [0.29, 0.717) is 25.9 Å². The topological polar surface area (TPSA) is 95.9 Å². The average molecular weight is 961 g/mol. The number of carbonyl (C=O) groups excluding carboxylic acids is 2. The zero-order valence-corrected chi connectivity index (χ0v) is 46.1. The third-order valence-electron chi connectivity index (χ3n) is 14.6. The van der Waals surface area contributed by atoms with Crippen molar-refractivity contribution in [3.05, 3.63) is 12.2 Å². The van der Waals surface area contributed by atoms with E-state index in [0.717, 1.165) is 44.9 Å². The molecule has 0 bridgehead atoms. The van der Waals surface area contributed by atoms with E-state index in [-0.39, 0.29) is 18.5 Å². The Labute approximate surface area is 425 Å². The molecule has 0 saturated carbocycles. The SMILES string of the molecule is CCCCCCCC/C=C\CCCCCCCCCCCC(=O)OCCCCCCCCCCCCCCCCCCCCCCC(=O)NC(CO)C(O)CCCCCCCCCCCCCC. The Hall–Kier alpha value is -1.40. The number of amides is 1. The summed E-state index contributed by atoms with van der Waals surface area (Å²) in [6, 6.07) is -0.541. The van der Waals surface area contributed by atoms with Crippen molar-refractivity contribution in [3.8, 4) is 0 Å². The van der Waals surface area contributed by atoms with Crippen molar-refractivity contribution in [2.45, 2.75) is 360 Å². The Morgan fingerprint density at radius 2 is 0.691 bits per heavy atom. The molecular formula is C62H121NO5. The molecule has 68 heavy (non-hydrogen) atoms. The molecule has 2 unspecified atom stereocenters. The fraction of sp³-hybridized carbons (Fsp3) is 0.935. The number of aliphatic hydroxyl groups is 2. The van der Waals surface area contributed by atoms with Crippen LogP contribution in [0.5, 0.6) is 0 Å². The minimum Gasteiger partial charge on any atom is -0.466 e. The standard InChI is InChI=1S/C62H121NO5/c1-3-5-7-9-11-13-15-17-18-19-22-26-29-32-36-40-44-48-52-56-62(67)68-57-53-49-45-41-37-33-30-27-24-21-20-23-25-28-31-35-39-43-47-51-55-61(66)63-59(58-64)60(65)54-50-46-42-38-34-16-14-12-10-8-6-4-2/h17-18,59-60,64-65H,3-16,19-58H2,1-2H3,(H,63,66)/b18-17-. The van der Waals surface area contributed by atoms with Crippen LogP contribution in [-0.2, 0) is 14.3 Å². The van der Waals surface area contributed by atoms with E-state index < -0.39 is 12.1 Å². The molecule has 0 spiro atoms. The third-order valence-corrected chi connectivity index (χ3v) is 14.6. The molecule has 1 amide bonds. The van der Waals surface area contributed by atoms with Gasteiger partial charge in [-0.2, -0.15) is 0 Å². The van der Waals surface area contributed by atoms with E-state index >= 15 is 0 Å². The van der Waals surface area contributed by atoms with Gasteiger partial charge in [-0.3, -0.25) is 9.59 Å². The highest BCUT2D eigenvalue weighted by atomic mass is 16.5. The van der Waals surface area contributed by atoms with Crippen molar-refractivity contribution in [2.75, 3.05) is 13.2 Å². The molecule has 0 aromatic carbocycles. The van der Waals surface area contributed by atoms with E-state index in [1.54, 1.807) is 0 Å². The highest BCUT2D eigenvalue weighted by Crippen LogP contribution is 2.18. The van der Waals surface area contributed by atoms with Crippen molar-refractivity contribution >= 4 is 11.9 Å². The smallest absolute Gasteiger partial charge is 0.305 e. The fourth-order valence-corrected chi connectivity index (χ4v) is 9.81. The average Bonchev–Trinajstić information content (AvgIpc) is 3.34. The number of hydrogen-bond donors (Lipinski definition) is 3. The summed E-state index contributed by atoms with van der Waals surface area (Å²) in [5.74, 6) is -0.0248. The second kappa shape index (κ2) is 58.2. The molecule has 0 heterocycles. The minimum absolute atomic E-state index is 0.0109. The maximum atomic E-state index is 12.5. The Bertz CT molecular complexity index is 1020. The number of unbranched alkanes of at least 4 members (excludes halogenated alkanes) is 45. The molecule has 0 saturated heterocycles. The Balaban J connectivity index is 3.35. The molecule has 6 nitrogen and oxygen atoms in total. The normalized spacial score (nSPS) is 12.6. The van der Waals surface area contributed by atoms with Crippen LogP contribution in [0.25, 0.3) is 0 Å². The van der Waals surface area contributed by atoms with Crippen LogP contribution in [0.15, 0.2) is 12.2 Å². The van der Waals surface area contributed by atoms with E-state index in [1.807, 2.05) is 0 Å². The summed E-state index contributed by atoms with van der Waals surface area (Å²) in [6.45, 7) is 4.96. The van der Waals surface area contributed by atoms with Gasteiger partial charge in [0.15, 0.2) is 0 Å². The number of rotatable bonds is 58. The fourth-order valence-electron chi connectivity index (χ4n) is 9.81. The van der Waals surface area contributed by atoms with Crippen LogP contribution in [0.1, 0.15) is 348 Å². The predicted octanol–water partition coefficient (Wildman–Crippen LogP) is 19.2. The maximum absolute atomic E-state index is 12.5. The summed E-state index contributed by atoms with van der Waals surface area (Å²) >= 11 is 0. The van der Waals surface area contributed by atoms with Crippen LogP contribution >= 0.6 is 0 Å². The first-order valence-corrected chi connectivity index (χ1v) is 30.9. The lowest BCUT2D eigenvalue weighted by molar-refractivity contribution is -0.143. The number of hydrogen-bond acceptors (Lipinski definition) is 5. The van der Waals surface area contributed by atoms with Crippen LogP contribution in [0.2, 0.25) is 0 Å². The van der Waals surface area contributed by atoms with Gasteiger partial charge in [0.2, 0.25) is 5.91 Å². The molecule has 0 aromatic heterocycles. The Morgan fingerprint density at radius 3 is 1.04 bits per heavy atom. The van der Waals surface area contributed by atoms with Gasteiger partial charge in [0.1, 0.15) is 0 Å². The molecule has 0 fully saturated rings. The predicted molar refractivity (Wildman–Crippen MR) is 297 cm³/mol. The van der Waals surface area contributed by atoms with Crippen molar-refractivity contribution in [3.63, 3.8) is 0 Å². The first-order valence-electron chi connectivity index (χ1n) is 30.9. The van der Waals surface area contributed by atoms with Gasteiger partial charge in [0.25, 0.3) is 0 Å². The molecule has 0 aliphatic heterocycles. The van der Waals surface area contributed by atoms with E-state index in [1.165, 1.54) is 270 Å². The van der Waals surface area contributed by atoms with Crippen molar-refractivity contribution in [1.82, 2.24) is 5.32 Å². The molecule has 6 heteroatoms. The molecular weight excluding hydrogens is 839 g/mol. The van der Waals surface area contributed by atoms with Crippen LogP contribution in [0, 0.1) is 0 Å². The lowest BCUT2D eigenvalue weighted by Gasteiger charge is -2.22. The summed E-state index contributed by atoms with van der Waals surface area (Å²) in [6.07, 6.45) is 69.3. The molecule has 3 N–H and O–H groups in total. The third kappa shape index (κ3) is 53.9. The van der Waals surface area contributed by atoms with E-state index in [4.69, 9.17) is 4.74 Å². The zero-order valence-electron chi connectivity index (χ0n) is 46.1. The Morgan fingerprint density at radius 1 is 0.397 bits per heavy atom. The highest BCUT2D eigenvalue weighted by molar-refractivity contribution is 5.76. The molecule has 2 atom stereocenters. The van der Waals surface area contributed by atoms with Crippen molar-refractivity contribution in [1.29, 1.82) is 0 Å². The number of carbonyl (C=O) groups is 2. The minimum atomic E-state index is -0.664. The van der Waals surface area contributed by atoms with E-state index in [9.17, 15) is 19.8 Å². The van der Waals surface area contributed by atoms with Gasteiger partial charge in [-0.25, -0.2) is 0 Å². The van der Waals surface area contributed by atoms with E-state index in [2.05, 4.69) is 31.3 Å². The second-order valence-electron chi connectivity index (χ2n) is 21.4. The second-order valence-corrected chi connectivity index (χ2v) is 21.4. The monoisotopic (exact) mass is 960 g/mol. The van der Waals surface area contributed by atoms with Crippen LogP contribution in [0.3, 0.4) is 0 Å². The van der Waals surface area contributed by atoms with Crippen LogP contribution in [-0.4, -0.2) is 47.4 Å². The summed E-state index contributed by atoms with van der Waals surface area (Å²) in [4.78, 5) is 24.6. The van der Waals surface area contributed by atoms with Gasteiger partial charge < -0.3 is 20.3 Å². The maximum Gasteiger partial charge on any atom is 0.305 e. The van der Waals surface area contributed by atoms with Gasteiger partial charge in [-0.15, -0.1) is 0 Å². The molecule has 0 aliphatic carbocycles. The molecule has 0 aliphatic rings. The van der Waals surface area contributed by atoms with Gasteiger partial charge in [0.05, 0.1) is 25.4 Å². The first-order chi connectivity index (χ1) is 33.5. The van der Waals surface area contributed by atoms with Crippen molar-refractivity contribution < 1.29 is 24.5 Å². The van der Waals surface area contributed by atoms with Gasteiger partial charge in [-0.05, 0) is 51.4 Å². The number of ether oxygens (including phenoxy) is 1. The number of aliphatic hydroxyl groups excluding tert-OH is 2. The van der Waals surface area contributed by atoms with Gasteiger partial charge >= 0.3 is 5.97 Å². The summed E-state index contributed by atoms with van der Waals surface area (Å²) < 4.78 is 5.50. The van der Waals surface area contributed by atoms with Crippen LogP contribution < -0.4 is 5.32 Å². The number of nitrogens with one attached hydrogen (secondary N) is 1. The lowest BCUT2D eigenvalue weighted by atomic mass is 10.0. The molecule has 0 radical (unpaired) electrons. The quantitative estimate of drug-likeness (QED) is 0.0321. The lowest BCUT2D eigenvalue weighted by Crippen LogP contribution is -2.45. The summed E-state index contributed by atoms with van der Waals surface area (Å²) in [5, 5.41) is 23.2. The largest absolute Gasteiger partial charge is 0.466 e. The van der Waals surface area contributed by atoms with Crippen molar-refractivity contribution in [2.24, 2.45) is 0 Å². The highest BCUT2D eigenvalue weighted by Gasteiger charge is 2.20. The number of esters is 1.